The molecule has 92 valence electrons. The van der Waals surface area contributed by atoms with Crippen LogP contribution >= 0.6 is 0 Å². The number of alkyl halides is 3. The van der Waals surface area contributed by atoms with Crippen LogP contribution in [0.25, 0.3) is 0 Å². The summed E-state index contributed by atoms with van der Waals surface area (Å²) in [6, 6.07) is -0.595. The van der Waals surface area contributed by atoms with Crippen LogP contribution in [0.4, 0.5) is 13.2 Å². The van der Waals surface area contributed by atoms with E-state index in [0.29, 0.717) is 6.54 Å². The molecule has 1 unspecified atom stereocenters. The van der Waals surface area contributed by atoms with Gasteiger partial charge in [0.15, 0.2) is 0 Å². The van der Waals surface area contributed by atoms with Gasteiger partial charge in [0.2, 0.25) is 0 Å². The molecule has 16 heavy (non-hydrogen) atoms. The van der Waals surface area contributed by atoms with E-state index in [-0.39, 0.29) is 0 Å². The van der Waals surface area contributed by atoms with E-state index in [0.717, 1.165) is 12.4 Å². The Balaban J connectivity index is 2.40. The molecule has 1 N–H and O–H groups in total. The summed E-state index contributed by atoms with van der Waals surface area (Å²) in [6.45, 7) is 4.61. The Hall–Kier alpha value is -1.04. The van der Waals surface area contributed by atoms with E-state index < -0.39 is 18.6 Å². The number of nitrogens with zero attached hydrogens (tertiary/aromatic N) is 2. The summed E-state index contributed by atoms with van der Waals surface area (Å²) >= 11 is 0. The molecule has 0 radical (unpaired) electrons. The molecule has 6 heteroatoms. The third-order valence-electron chi connectivity index (χ3n) is 2.29. The lowest BCUT2D eigenvalue weighted by atomic mass is 10.2. The molecule has 0 saturated carbocycles. The van der Waals surface area contributed by atoms with E-state index in [2.05, 4.69) is 10.3 Å². The van der Waals surface area contributed by atoms with E-state index in [4.69, 9.17) is 0 Å². The molecule has 1 aromatic heterocycles. The average molecular weight is 235 g/mol. The first-order valence-electron chi connectivity index (χ1n) is 5.22. The van der Waals surface area contributed by atoms with E-state index in [1.54, 1.807) is 6.20 Å². The van der Waals surface area contributed by atoms with Gasteiger partial charge in [-0.05, 0) is 13.8 Å². The number of hydrogen-bond acceptors (Lipinski definition) is 2. The molecule has 1 atom stereocenters. The van der Waals surface area contributed by atoms with Crippen LogP contribution in [0.15, 0.2) is 12.4 Å². The maximum atomic E-state index is 12.1. The van der Waals surface area contributed by atoms with Crippen LogP contribution in [0, 0.1) is 0 Å². The number of rotatable bonds is 5. The Morgan fingerprint density at radius 2 is 2.19 bits per heavy atom. The topological polar surface area (TPSA) is 29.9 Å². The van der Waals surface area contributed by atoms with Crippen LogP contribution in [-0.4, -0.2) is 21.8 Å². The van der Waals surface area contributed by atoms with Crippen molar-refractivity contribution >= 4 is 0 Å². The molecule has 0 saturated heterocycles. The van der Waals surface area contributed by atoms with E-state index >= 15 is 0 Å². The van der Waals surface area contributed by atoms with Crippen molar-refractivity contribution in [3.05, 3.63) is 18.2 Å². The summed E-state index contributed by atoms with van der Waals surface area (Å²) in [5, 5.41) is 2.81. The smallest absolute Gasteiger partial charge is 0.334 e. The Bertz CT molecular complexity index is 319. The summed E-state index contributed by atoms with van der Waals surface area (Å²) in [6.07, 6.45) is -1.48. The molecule has 0 aliphatic rings. The van der Waals surface area contributed by atoms with Gasteiger partial charge in [-0.25, -0.2) is 4.98 Å². The van der Waals surface area contributed by atoms with Crippen molar-refractivity contribution in [2.24, 2.45) is 0 Å². The van der Waals surface area contributed by atoms with Gasteiger partial charge in [0.25, 0.3) is 0 Å². The van der Waals surface area contributed by atoms with Crippen molar-refractivity contribution in [1.29, 1.82) is 0 Å². The van der Waals surface area contributed by atoms with Gasteiger partial charge in [0.1, 0.15) is 5.82 Å². The van der Waals surface area contributed by atoms with Crippen LogP contribution < -0.4 is 5.32 Å². The first kappa shape index (κ1) is 13.0. The Morgan fingerprint density at radius 3 is 2.75 bits per heavy atom. The van der Waals surface area contributed by atoms with Gasteiger partial charge in [-0.1, -0.05) is 0 Å². The molecule has 0 aromatic carbocycles. The van der Waals surface area contributed by atoms with E-state index in [1.807, 2.05) is 17.7 Å². The SMILES string of the molecule is CCn1ccnc1CNC(C)CC(F)(F)F. The van der Waals surface area contributed by atoms with Crippen LogP contribution in [0.3, 0.4) is 0 Å². The molecule has 0 aliphatic heterocycles. The lowest BCUT2D eigenvalue weighted by Gasteiger charge is -2.15. The Labute approximate surface area is 92.7 Å². The first-order valence-corrected chi connectivity index (χ1v) is 5.22. The summed E-state index contributed by atoms with van der Waals surface area (Å²) in [7, 11) is 0. The largest absolute Gasteiger partial charge is 0.390 e. The third kappa shape index (κ3) is 4.22. The second-order valence-electron chi connectivity index (χ2n) is 3.73. The molecule has 0 amide bonds. The number of hydrogen-bond donors (Lipinski definition) is 1. The summed E-state index contributed by atoms with van der Waals surface area (Å²) in [4.78, 5) is 4.07. The second-order valence-corrected chi connectivity index (χ2v) is 3.73. The molecule has 1 aromatic rings. The van der Waals surface area contributed by atoms with Gasteiger partial charge in [0.05, 0.1) is 13.0 Å². The lowest BCUT2D eigenvalue weighted by molar-refractivity contribution is -0.139. The van der Waals surface area contributed by atoms with Crippen LogP contribution in [-0.2, 0) is 13.1 Å². The van der Waals surface area contributed by atoms with Crippen molar-refractivity contribution < 1.29 is 13.2 Å². The highest BCUT2D eigenvalue weighted by Crippen LogP contribution is 2.21. The van der Waals surface area contributed by atoms with Crippen LogP contribution in [0.5, 0.6) is 0 Å². The zero-order valence-corrected chi connectivity index (χ0v) is 9.38. The summed E-state index contributed by atoms with van der Waals surface area (Å²) in [5.41, 5.74) is 0. The molecule has 0 spiro atoms. The first-order chi connectivity index (χ1) is 7.42. The quantitative estimate of drug-likeness (QED) is 0.848. The fourth-order valence-electron chi connectivity index (χ4n) is 1.48. The van der Waals surface area contributed by atoms with Gasteiger partial charge in [-0.3, -0.25) is 0 Å². The number of nitrogens with one attached hydrogen (secondary N) is 1. The normalized spacial score (nSPS) is 14.1. The van der Waals surface area contributed by atoms with Gasteiger partial charge in [0, 0.05) is 25.0 Å². The number of aromatic nitrogens is 2. The highest BCUT2D eigenvalue weighted by atomic mass is 19.4. The maximum Gasteiger partial charge on any atom is 0.390 e. The monoisotopic (exact) mass is 235 g/mol. The second kappa shape index (κ2) is 5.34. The predicted molar refractivity (Wildman–Crippen MR) is 54.9 cm³/mol. The van der Waals surface area contributed by atoms with Crippen molar-refractivity contribution in [3.63, 3.8) is 0 Å². The van der Waals surface area contributed by atoms with E-state index in [1.165, 1.54) is 6.92 Å². The molecule has 0 fully saturated rings. The van der Waals surface area contributed by atoms with Crippen molar-refractivity contribution in [1.82, 2.24) is 14.9 Å². The van der Waals surface area contributed by atoms with Gasteiger partial charge in [-0.2, -0.15) is 13.2 Å². The zero-order valence-electron chi connectivity index (χ0n) is 9.38. The van der Waals surface area contributed by atoms with Gasteiger partial charge >= 0.3 is 6.18 Å². The minimum Gasteiger partial charge on any atom is -0.334 e. The van der Waals surface area contributed by atoms with Crippen LogP contribution in [0.1, 0.15) is 26.1 Å². The molecule has 1 rings (SSSR count). The standard InChI is InChI=1S/C10H16F3N3/c1-3-16-5-4-14-9(16)7-15-8(2)6-10(11,12)13/h4-5,8,15H,3,6-7H2,1-2H3. The van der Waals surface area contributed by atoms with Crippen LogP contribution in [0.2, 0.25) is 0 Å². The maximum absolute atomic E-state index is 12.1. The summed E-state index contributed by atoms with van der Waals surface area (Å²) in [5.74, 6) is 0.761. The average Bonchev–Trinajstić information content (AvgIpc) is 2.59. The highest BCUT2D eigenvalue weighted by Gasteiger charge is 2.29. The minimum atomic E-state index is -4.12. The summed E-state index contributed by atoms with van der Waals surface area (Å²) < 4.78 is 38.1. The predicted octanol–water partition coefficient (Wildman–Crippen LogP) is 2.33. The molecule has 0 bridgehead atoms. The highest BCUT2D eigenvalue weighted by molar-refractivity contribution is 4.92. The molecule has 1 heterocycles. The van der Waals surface area contributed by atoms with Gasteiger partial charge < -0.3 is 9.88 Å². The minimum absolute atomic E-state index is 0.359. The number of imidazole rings is 1. The fourth-order valence-corrected chi connectivity index (χ4v) is 1.48. The van der Waals surface area contributed by atoms with Crippen molar-refractivity contribution in [2.45, 2.75) is 45.6 Å². The van der Waals surface area contributed by atoms with Crippen molar-refractivity contribution in [2.75, 3.05) is 0 Å². The molecule has 3 nitrogen and oxygen atoms in total. The third-order valence-corrected chi connectivity index (χ3v) is 2.29. The molecular formula is C10H16F3N3. The van der Waals surface area contributed by atoms with Gasteiger partial charge in [-0.15, -0.1) is 0 Å². The zero-order chi connectivity index (χ0) is 12.2. The Kier molecular flexibility index (Phi) is 4.35. The van der Waals surface area contributed by atoms with E-state index in [9.17, 15) is 13.2 Å². The fraction of sp³-hybridized carbons (Fsp3) is 0.700. The Morgan fingerprint density at radius 1 is 1.50 bits per heavy atom. The van der Waals surface area contributed by atoms with Crippen molar-refractivity contribution in [3.8, 4) is 0 Å². The number of halogens is 3. The molecule has 0 aliphatic carbocycles. The number of aryl methyl sites for hydroxylation is 1. The molecular weight excluding hydrogens is 219 g/mol. The lowest BCUT2D eigenvalue weighted by Crippen LogP contribution is -2.31.